The van der Waals surface area contributed by atoms with Crippen LogP contribution in [0.2, 0.25) is 0 Å². The molecule has 0 aliphatic rings. The van der Waals surface area contributed by atoms with Crippen molar-refractivity contribution in [2.45, 2.75) is 6.54 Å². The normalized spacial score (nSPS) is 10.0. The first kappa shape index (κ1) is 12.9. The van der Waals surface area contributed by atoms with Crippen molar-refractivity contribution in [3.8, 4) is 6.07 Å². The maximum atomic E-state index is 8.80. The van der Waals surface area contributed by atoms with Crippen molar-refractivity contribution in [2.24, 2.45) is 7.05 Å². The summed E-state index contributed by atoms with van der Waals surface area (Å²) in [6.45, 7) is 5.48. The molecule has 0 spiro atoms. The zero-order chi connectivity index (χ0) is 11.8. The smallest absolute Gasteiger partial charge is 0.120 e. The molecule has 0 saturated carbocycles. The number of hydrogen-bond acceptors (Lipinski definition) is 3. The number of thioether (sulfide) groups is 1. The van der Waals surface area contributed by atoms with Gasteiger partial charge in [-0.15, -0.1) is 6.58 Å². The van der Waals surface area contributed by atoms with E-state index in [-0.39, 0.29) is 0 Å². The highest BCUT2D eigenvalue weighted by atomic mass is 32.2. The lowest BCUT2D eigenvalue weighted by molar-refractivity contribution is 0.730. The molecule has 0 atom stereocenters. The van der Waals surface area contributed by atoms with Gasteiger partial charge in [0.15, 0.2) is 0 Å². The maximum absolute atomic E-state index is 8.80. The molecule has 0 bridgehead atoms. The van der Waals surface area contributed by atoms with Crippen LogP contribution in [0.4, 0.5) is 0 Å². The lowest BCUT2D eigenvalue weighted by Gasteiger charge is -2.01. The van der Waals surface area contributed by atoms with Gasteiger partial charge in [0.2, 0.25) is 0 Å². The van der Waals surface area contributed by atoms with E-state index in [9.17, 15) is 0 Å². The van der Waals surface area contributed by atoms with Gasteiger partial charge in [-0.05, 0) is 11.6 Å². The average molecular weight is 235 g/mol. The van der Waals surface area contributed by atoms with Crippen LogP contribution in [-0.2, 0) is 13.6 Å². The van der Waals surface area contributed by atoms with E-state index in [1.807, 2.05) is 41.7 Å². The Labute approximate surface area is 101 Å². The monoisotopic (exact) mass is 235 g/mol. The number of rotatable bonds is 7. The van der Waals surface area contributed by atoms with Gasteiger partial charge in [-0.2, -0.15) is 17.0 Å². The van der Waals surface area contributed by atoms with Gasteiger partial charge in [0, 0.05) is 37.8 Å². The van der Waals surface area contributed by atoms with Gasteiger partial charge in [0.05, 0.1) is 0 Å². The third-order valence-electron chi connectivity index (χ3n) is 2.16. The van der Waals surface area contributed by atoms with Gasteiger partial charge < -0.3 is 9.88 Å². The van der Waals surface area contributed by atoms with Crippen LogP contribution in [0.3, 0.4) is 0 Å². The van der Waals surface area contributed by atoms with E-state index in [0.717, 1.165) is 30.2 Å². The van der Waals surface area contributed by atoms with Crippen molar-refractivity contribution < 1.29 is 0 Å². The van der Waals surface area contributed by atoms with Crippen molar-refractivity contribution in [1.82, 2.24) is 9.88 Å². The number of nitrogens with zero attached hydrogens (tertiary/aromatic N) is 2. The van der Waals surface area contributed by atoms with Crippen molar-refractivity contribution in [1.29, 1.82) is 5.26 Å². The molecule has 3 nitrogen and oxygen atoms in total. The highest BCUT2D eigenvalue weighted by Gasteiger charge is 2.00. The third-order valence-corrected chi connectivity index (χ3v) is 3.13. The first-order chi connectivity index (χ1) is 7.77. The minimum atomic E-state index is 0.706. The van der Waals surface area contributed by atoms with E-state index in [1.54, 1.807) is 0 Å². The second-order valence-corrected chi connectivity index (χ2v) is 4.65. The topological polar surface area (TPSA) is 40.8 Å². The Hall–Kier alpha value is -1.18. The molecule has 1 rings (SSSR count). The molecule has 0 saturated heterocycles. The molecule has 0 radical (unpaired) electrons. The molecule has 1 aromatic heterocycles. The zero-order valence-corrected chi connectivity index (χ0v) is 10.4. The Balaban J connectivity index is 2.22. The molecule has 0 aliphatic heterocycles. The molecule has 1 aromatic rings. The number of aryl methyl sites for hydroxylation is 1. The SMILES string of the molecule is C=CCSCCNCc1cc(C#N)n(C)c1. The molecule has 0 aromatic carbocycles. The van der Waals surface area contributed by atoms with Crippen LogP contribution in [0.5, 0.6) is 0 Å². The van der Waals surface area contributed by atoms with E-state index in [0.29, 0.717) is 5.69 Å². The van der Waals surface area contributed by atoms with Crippen LogP contribution in [0.15, 0.2) is 24.9 Å². The summed E-state index contributed by atoms with van der Waals surface area (Å²) in [4.78, 5) is 0. The predicted octanol–water partition coefficient (Wildman–Crippen LogP) is 1.91. The number of aromatic nitrogens is 1. The molecule has 16 heavy (non-hydrogen) atoms. The molecule has 1 N–H and O–H groups in total. The zero-order valence-electron chi connectivity index (χ0n) is 9.57. The van der Waals surface area contributed by atoms with E-state index in [1.165, 1.54) is 0 Å². The van der Waals surface area contributed by atoms with Gasteiger partial charge in [0.1, 0.15) is 11.8 Å². The van der Waals surface area contributed by atoms with Gasteiger partial charge in [-0.25, -0.2) is 0 Å². The summed E-state index contributed by atoms with van der Waals surface area (Å²) in [6, 6.07) is 4.07. The second kappa shape index (κ2) is 7.15. The fourth-order valence-corrected chi connectivity index (χ4v) is 2.01. The Bertz CT molecular complexity index is 376. The lowest BCUT2D eigenvalue weighted by atomic mass is 10.3. The van der Waals surface area contributed by atoms with Crippen molar-refractivity contribution in [3.05, 3.63) is 36.2 Å². The molecule has 0 fully saturated rings. The van der Waals surface area contributed by atoms with Gasteiger partial charge >= 0.3 is 0 Å². The Morgan fingerprint density at radius 1 is 1.69 bits per heavy atom. The Kier molecular flexibility index (Phi) is 5.76. The highest BCUT2D eigenvalue weighted by molar-refractivity contribution is 7.99. The van der Waals surface area contributed by atoms with E-state index >= 15 is 0 Å². The quantitative estimate of drug-likeness (QED) is 0.580. The molecular weight excluding hydrogens is 218 g/mol. The average Bonchev–Trinajstić information content (AvgIpc) is 2.64. The van der Waals surface area contributed by atoms with E-state index in [4.69, 9.17) is 5.26 Å². The summed E-state index contributed by atoms with van der Waals surface area (Å²) in [5.74, 6) is 2.09. The van der Waals surface area contributed by atoms with Crippen LogP contribution in [-0.4, -0.2) is 22.6 Å². The van der Waals surface area contributed by atoms with Crippen molar-refractivity contribution in [2.75, 3.05) is 18.1 Å². The minimum Gasteiger partial charge on any atom is -0.342 e. The molecular formula is C12H17N3S. The first-order valence-electron chi connectivity index (χ1n) is 5.22. The van der Waals surface area contributed by atoms with Crippen LogP contribution in [0.25, 0.3) is 0 Å². The Morgan fingerprint density at radius 2 is 2.50 bits per heavy atom. The molecule has 0 unspecified atom stereocenters. The van der Waals surface area contributed by atoms with Crippen LogP contribution >= 0.6 is 11.8 Å². The summed E-state index contributed by atoms with van der Waals surface area (Å²) in [5, 5.41) is 12.1. The third kappa shape index (κ3) is 4.13. The van der Waals surface area contributed by atoms with E-state index < -0.39 is 0 Å². The second-order valence-electron chi connectivity index (χ2n) is 3.50. The van der Waals surface area contributed by atoms with Crippen molar-refractivity contribution in [3.63, 3.8) is 0 Å². The van der Waals surface area contributed by atoms with Crippen LogP contribution < -0.4 is 5.32 Å². The van der Waals surface area contributed by atoms with Crippen LogP contribution in [0, 0.1) is 11.3 Å². The number of hydrogen-bond donors (Lipinski definition) is 1. The van der Waals surface area contributed by atoms with E-state index in [2.05, 4.69) is 18.0 Å². The largest absolute Gasteiger partial charge is 0.342 e. The highest BCUT2D eigenvalue weighted by Crippen LogP contribution is 2.05. The fourth-order valence-electron chi connectivity index (χ4n) is 1.38. The van der Waals surface area contributed by atoms with Crippen molar-refractivity contribution >= 4 is 11.8 Å². The Morgan fingerprint density at radius 3 is 3.12 bits per heavy atom. The first-order valence-corrected chi connectivity index (χ1v) is 6.38. The maximum Gasteiger partial charge on any atom is 0.120 e. The summed E-state index contributed by atoms with van der Waals surface area (Å²) >= 11 is 1.86. The fraction of sp³-hybridized carbons (Fsp3) is 0.417. The summed E-state index contributed by atoms with van der Waals surface area (Å²) in [7, 11) is 1.89. The molecule has 4 heteroatoms. The molecule has 0 amide bonds. The predicted molar refractivity (Wildman–Crippen MR) is 69.4 cm³/mol. The number of nitriles is 1. The number of nitrogens with one attached hydrogen (secondary N) is 1. The molecule has 1 heterocycles. The van der Waals surface area contributed by atoms with Gasteiger partial charge in [-0.3, -0.25) is 0 Å². The minimum absolute atomic E-state index is 0.706. The van der Waals surface area contributed by atoms with Gasteiger partial charge in [-0.1, -0.05) is 6.08 Å². The van der Waals surface area contributed by atoms with Gasteiger partial charge in [0.25, 0.3) is 0 Å². The summed E-state index contributed by atoms with van der Waals surface area (Å²) in [6.07, 6.45) is 3.91. The van der Waals surface area contributed by atoms with Crippen LogP contribution in [0.1, 0.15) is 11.3 Å². The standard InChI is InChI=1S/C12H17N3S/c1-3-5-16-6-4-14-9-11-7-12(8-13)15(2)10-11/h3,7,10,14H,1,4-6,9H2,2H3. The summed E-state index contributed by atoms with van der Waals surface area (Å²) < 4.78 is 1.85. The molecule has 86 valence electrons. The lowest BCUT2D eigenvalue weighted by Crippen LogP contribution is -2.16. The summed E-state index contributed by atoms with van der Waals surface area (Å²) in [5.41, 5.74) is 1.87. The molecule has 0 aliphatic carbocycles.